The number of Topliss-reactive ketones (excluding diaryl/α,β-unsaturated/α-hetero) is 1. The lowest BCUT2D eigenvalue weighted by atomic mass is 9.69. The van der Waals surface area contributed by atoms with E-state index >= 15 is 0 Å². The number of hydrogen-bond donors (Lipinski definition) is 1. The van der Waals surface area contributed by atoms with Gasteiger partial charge in [0.25, 0.3) is 0 Å². The van der Waals surface area contributed by atoms with E-state index in [1.165, 1.54) is 12.7 Å². The van der Waals surface area contributed by atoms with E-state index in [1.54, 1.807) is 0 Å². The lowest BCUT2D eigenvalue weighted by Gasteiger charge is -2.38. The van der Waals surface area contributed by atoms with Crippen molar-refractivity contribution < 1.29 is 18.7 Å². The van der Waals surface area contributed by atoms with Crippen LogP contribution >= 0.6 is 0 Å². The lowest BCUT2D eigenvalue weighted by Crippen LogP contribution is -2.38. The molecule has 1 unspecified atom stereocenters. The van der Waals surface area contributed by atoms with Crippen LogP contribution in [0, 0.1) is 12.3 Å². The molecular formula is C25H27NO4. The summed E-state index contributed by atoms with van der Waals surface area (Å²) in [6.07, 6.45) is 1.17. The molecule has 4 rings (SSSR count). The van der Waals surface area contributed by atoms with Gasteiger partial charge in [0.1, 0.15) is 11.5 Å². The molecule has 2 heterocycles. The number of dihydropyridines is 1. The quantitative estimate of drug-likeness (QED) is 0.725. The van der Waals surface area contributed by atoms with E-state index in [-0.39, 0.29) is 11.2 Å². The van der Waals surface area contributed by atoms with Gasteiger partial charge in [-0.25, -0.2) is 4.79 Å². The van der Waals surface area contributed by atoms with E-state index in [9.17, 15) is 9.59 Å². The molecule has 2 aliphatic rings. The molecule has 156 valence electrons. The molecule has 0 saturated heterocycles. The summed E-state index contributed by atoms with van der Waals surface area (Å²) in [6, 6.07) is 11.8. The van der Waals surface area contributed by atoms with Gasteiger partial charge in [-0.15, -0.1) is 0 Å². The van der Waals surface area contributed by atoms with Gasteiger partial charge >= 0.3 is 5.97 Å². The molecule has 0 bridgehead atoms. The lowest BCUT2D eigenvalue weighted by molar-refractivity contribution is -0.136. The number of ether oxygens (including phenoxy) is 1. The molecule has 0 amide bonds. The first-order valence-corrected chi connectivity index (χ1v) is 10.2. The summed E-state index contributed by atoms with van der Waals surface area (Å²) in [7, 11) is 1.36. The van der Waals surface area contributed by atoms with Crippen LogP contribution in [0.5, 0.6) is 0 Å². The number of ketones is 1. The van der Waals surface area contributed by atoms with Gasteiger partial charge in [0, 0.05) is 29.0 Å². The summed E-state index contributed by atoms with van der Waals surface area (Å²) < 4.78 is 11.3. The van der Waals surface area contributed by atoms with Gasteiger partial charge in [-0.05, 0) is 37.8 Å². The normalized spacial score (nSPS) is 20.7. The number of carbonyl (C=O) groups excluding carboxylic acids is 2. The van der Waals surface area contributed by atoms with Crippen LogP contribution in [0.25, 0.3) is 11.3 Å². The van der Waals surface area contributed by atoms with Gasteiger partial charge in [0.2, 0.25) is 0 Å². The summed E-state index contributed by atoms with van der Waals surface area (Å²) in [5, 5.41) is 3.31. The van der Waals surface area contributed by atoms with Crippen molar-refractivity contribution in [1.82, 2.24) is 5.32 Å². The van der Waals surface area contributed by atoms with Crippen LogP contribution in [0.15, 0.2) is 63.4 Å². The number of nitrogens with one attached hydrogen (secondary N) is 1. The van der Waals surface area contributed by atoms with Crippen molar-refractivity contribution in [2.24, 2.45) is 5.41 Å². The largest absolute Gasteiger partial charge is 0.466 e. The minimum atomic E-state index is -0.573. The van der Waals surface area contributed by atoms with Crippen LogP contribution in [0.4, 0.5) is 0 Å². The Morgan fingerprint density at radius 1 is 1.10 bits per heavy atom. The summed E-state index contributed by atoms with van der Waals surface area (Å²) in [5.74, 6) is 0.295. The molecule has 1 atom stereocenters. The first kappa shape index (κ1) is 20.2. The van der Waals surface area contributed by atoms with E-state index in [1.807, 2.05) is 50.2 Å². The van der Waals surface area contributed by atoms with Crippen molar-refractivity contribution in [1.29, 1.82) is 0 Å². The molecule has 5 nitrogen and oxygen atoms in total. The second-order valence-corrected chi connectivity index (χ2v) is 8.99. The van der Waals surface area contributed by atoms with E-state index in [0.717, 1.165) is 17.7 Å². The first-order valence-electron chi connectivity index (χ1n) is 10.2. The Balaban J connectivity index is 1.84. The highest BCUT2D eigenvalue weighted by Gasteiger charge is 2.44. The average molecular weight is 405 g/mol. The molecule has 1 N–H and O–H groups in total. The molecule has 1 aromatic carbocycles. The van der Waals surface area contributed by atoms with Gasteiger partial charge in [0.15, 0.2) is 5.78 Å². The van der Waals surface area contributed by atoms with Crippen molar-refractivity contribution in [3.05, 3.63) is 70.3 Å². The van der Waals surface area contributed by atoms with Gasteiger partial charge in [-0.3, -0.25) is 4.79 Å². The maximum atomic E-state index is 13.2. The molecule has 0 radical (unpaired) electrons. The minimum Gasteiger partial charge on any atom is -0.466 e. The van der Waals surface area contributed by atoms with E-state index < -0.39 is 11.9 Å². The second kappa shape index (κ2) is 7.31. The SMILES string of the molecule is COC(=O)C1=C(C)NC2=C(C(=O)CC(C)(C)C2)C1c1ccc(-c2ccc(C)cc2)o1. The van der Waals surface area contributed by atoms with Crippen molar-refractivity contribution in [2.45, 2.75) is 46.5 Å². The Morgan fingerprint density at radius 3 is 2.47 bits per heavy atom. The fourth-order valence-electron chi connectivity index (χ4n) is 4.48. The molecule has 2 aromatic rings. The van der Waals surface area contributed by atoms with Gasteiger partial charge in [0.05, 0.1) is 18.6 Å². The van der Waals surface area contributed by atoms with Gasteiger partial charge in [-0.2, -0.15) is 0 Å². The molecule has 1 aliphatic carbocycles. The summed E-state index contributed by atoms with van der Waals surface area (Å²) >= 11 is 0. The van der Waals surface area contributed by atoms with Crippen LogP contribution in [0.2, 0.25) is 0 Å². The van der Waals surface area contributed by atoms with Crippen LogP contribution < -0.4 is 5.32 Å². The third kappa shape index (κ3) is 3.49. The molecule has 1 aliphatic heterocycles. The van der Waals surface area contributed by atoms with Gasteiger partial charge in [-0.1, -0.05) is 43.7 Å². The van der Waals surface area contributed by atoms with Gasteiger partial charge < -0.3 is 14.5 Å². The zero-order chi connectivity index (χ0) is 21.6. The fraction of sp³-hybridized carbons (Fsp3) is 0.360. The molecule has 1 aromatic heterocycles. The number of methoxy groups -OCH3 is 1. The number of benzene rings is 1. The highest BCUT2D eigenvalue weighted by Crippen LogP contribution is 2.47. The zero-order valence-corrected chi connectivity index (χ0v) is 18.1. The Morgan fingerprint density at radius 2 is 1.80 bits per heavy atom. The predicted octanol–water partition coefficient (Wildman–Crippen LogP) is 5.03. The van der Waals surface area contributed by atoms with Crippen LogP contribution in [-0.4, -0.2) is 18.9 Å². The summed E-state index contributed by atoms with van der Waals surface area (Å²) in [5.41, 5.74) is 4.60. The maximum Gasteiger partial charge on any atom is 0.336 e. The van der Waals surface area contributed by atoms with Crippen molar-refractivity contribution in [3.8, 4) is 11.3 Å². The Labute approximate surface area is 176 Å². The standard InChI is InChI=1S/C25H27NO4/c1-14-6-8-16(9-7-14)19-10-11-20(30-19)23-21(24(28)29-5)15(2)26-17-12-25(3,4)13-18(27)22(17)23/h6-11,23,26H,12-13H2,1-5H3. The van der Waals surface area contributed by atoms with Crippen molar-refractivity contribution in [3.63, 3.8) is 0 Å². The van der Waals surface area contributed by atoms with Crippen molar-refractivity contribution >= 4 is 11.8 Å². The smallest absolute Gasteiger partial charge is 0.336 e. The Kier molecular flexibility index (Phi) is 4.92. The van der Waals surface area contributed by atoms with E-state index in [4.69, 9.17) is 9.15 Å². The van der Waals surface area contributed by atoms with E-state index in [0.29, 0.717) is 34.8 Å². The number of rotatable bonds is 3. The highest BCUT2D eigenvalue weighted by atomic mass is 16.5. The molecule has 30 heavy (non-hydrogen) atoms. The number of aryl methyl sites for hydroxylation is 1. The number of furan rings is 1. The van der Waals surface area contributed by atoms with Crippen molar-refractivity contribution in [2.75, 3.05) is 7.11 Å². The first-order chi connectivity index (χ1) is 14.2. The predicted molar refractivity (Wildman–Crippen MR) is 115 cm³/mol. The third-order valence-electron chi connectivity index (χ3n) is 5.89. The molecular weight excluding hydrogens is 378 g/mol. The summed E-state index contributed by atoms with van der Waals surface area (Å²) in [6.45, 7) is 8.05. The van der Waals surface area contributed by atoms with E-state index in [2.05, 4.69) is 19.2 Å². The zero-order valence-electron chi connectivity index (χ0n) is 18.1. The van der Waals surface area contributed by atoms with Crippen LogP contribution in [0.3, 0.4) is 0 Å². The molecule has 0 fully saturated rings. The number of allylic oxidation sites excluding steroid dienone is 3. The third-order valence-corrected chi connectivity index (χ3v) is 5.89. The van der Waals surface area contributed by atoms with Crippen LogP contribution in [-0.2, 0) is 14.3 Å². The van der Waals surface area contributed by atoms with Crippen LogP contribution in [0.1, 0.15) is 50.9 Å². The average Bonchev–Trinajstić information content (AvgIpc) is 3.15. The minimum absolute atomic E-state index is 0.0425. The number of esters is 1. The molecule has 0 saturated carbocycles. The maximum absolute atomic E-state index is 13.2. The summed E-state index contributed by atoms with van der Waals surface area (Å²) in [4.78, 5) is 25.9. The second-order valence-electron chi connectivity index (χ2n) is 8.99. The highest BCUT2D eigenvalue weighted by molar-refractivity contribution is 6.04. The Bertz CT molecular complexity index is 1080. The topological polar surface area (TPSA) is 68.5 Å². The molecule has 5 heteroatoms. The number of carbonyl (C=O) groups is 2. The fourth-order valence-corrected chi connectivity index (χ4v) is 4.48. The number of hydrogen-bond acceptors (Lipinski definition) is 5. The Hall–Kier alpha value is -3.08. The monoisotopic (exact) mass is 405 g/mol. The molecule has 0 spiro atoms.